The molecular weight excluding hydrogens is 639 g/mol. The lowest BCUT2D eigenvalue weighted by atomic mass is 10.1. The molecule has 252 valence electrons. The standard InChI is InChI=1S/C19H24N4O.3C2HF3O2/c1-2-7-21-17(5-1)12-22-8-9-23-14-19(10-18(23)13-22)24-15-16-4-3-6-20-11-16;3*3-2(4,5)1(6)7/h1-7,11,18-19H,8-10,12-15H2;3*(H,6,7)/t18-,19+;;;/m0.../s1. The second kappa shape index (κ2) is 17.4. The number of carbonyl (C=O) groups is 3. The van der Waals surface area contributed by atoms with Crippen LogP contribution < -0.4 is 0 Å². The minimum atomic E-state index is -5.08. The van der Waals surface area contributed by atoms with Crippen molar-refractivity contribution in [2.75, 3.05) is 26.2 Å². The highest BCUT2D eigenvalue weighted by molar-refractivity contribution is 5.73. The largest absolute Gasteiger partial charge is 0.490 e. The summed E-state index contributed by atoms with van der Waals surface area (Å²) in [4.78, 5) is 40.4. The van der Waals surface area contributed by atoms with Crippen molar-refractivity contribution in [3.05, 3.63) is 60.2 Å². The fraction of sp³-hybridized carbons (Fsp3) is 0.480. The predicted octanol–water partition coefficient (Wildman–Crippen LogP) is 3.85. The molecule has 0 bridgehead atoms. The van der Waals surface area contributed by atoms with Crippen molar-refractivity contribution in [2.24, 2.45) is 0 Å². The van der Waals surface area contributed by atoms with E-state index in [1.165, 1.54) is 0 Å². The number of rotatable bonds is 5. The minimum absolute atomic E-state index is 0.338. The van der Waals surface area contributed by atoms with Crippen LogP contribution in [0.5, 0.6) is 0 Å². The lowest BCUT2D eigenvalue weighted by Crippen LogP contribution is -2.49. The van der Waals surface area contributed by atoms with E-state index in [9.17, 15) is 39.5 Å². The van der Waals surface area contributed by atoms with Crippen LogP contribution in [-0.4, -0.2) is 110 Å². The van der Waals surface area contributed by atoms with Crippen molar-refractivity contribution in [2.45, 2.75) is 50.2 Å². The number of piperazine rings is 1. The van der Waals surface area contributed by atoms with Gasteiger partial charge in [0.1, 0.15) is 0 Å². The number of aromatic nitrogens is 2. The number of alkyl halides is 9. The molecule has 45 heavy (non-hydrogen) atoms. The lowest BCUT2D eigenvalue weighted by Gasteiger charge is -2.37. The van der Waals surface area contributed by atoms with Crippen LogP contribution >= 0.6 is 0 Å². The summed E-state index contributed by atoms with van der Waals surface area (Å²) < 4.78 is 101. The van der Waals surface area contributed by atoms with Gasteiger partial charge >= 0.3 is 36.4 Å². The molecule has 4 rings (SSSR count). The topological polar surface area (TPSA) is 153 Å². The summed E-state index contributed by atoms with van der Waals surface area (Å²) in [7, 11) is 0. The molecule has 20 heteroatoms. The normalized spacial score (nSPS) is 18.5. The summed E-state index contributed by atoms with van der Waals surface area (Å²) in [5.41, 5.74) is 2.31. The fourth-order valence-electron chi connectivity index (χ4n) is 3.74. The molecule has 2 atom stereocenters. The molecule has 0 amide bonds. The molecule has 3 N–H and O–H groups in total. The Morgan fingerprint density at radius 1 is 0.800 bits per heavy atom. The third-order valence-corrected chi connectivity index (χ3v) is 5.71. The van der Waals surface area contributed by atoms with Crippen LogP contribution in [0.25, 0.3) is 0 Å². The van der Waals surface area contributed by atoms with Crippen molar-refractivity contribution in [1.29, 1.82) is 0 Å². The lowest BCUT2D eigenvalue weighted by molar-refractivity contribution is -0.193. The maximum Gasteiger partial charge on any atom is 0.490 e. The van der Waals surface area contributed by atoms with E-state index in [1.807, 2.05) is 24.5 Å². The van der Waals surface area contributed by atoms with Crippen LogP contribution in [0.3, 0.4) is 0 Å². The molecule has 0 spiro atoms. The highest BCUT2D eigenvalue weighted by Crippen LogP contribution is 2.25. The molecule has 2 saturated heterocycles. The second-order valence-electron chi connectivity index (χ2n) is 9.14. The van der Waals surface area contributed by atoms with Gasteiger partial charge in [-0.2, -0.15) is 39.5 Å². The maximum absolute atomic E-state index is 10.6. The number of hydrogen-bond donors (Lipinski definition) is 3. The molecule has 2 aromatic rings. The number of fused-ring (bicyclic) bond motifs is 1. The number of carboxylic acid groups (broad SMARTS) is 3. The highest BCUT2D eigenvalue weighted by Gasteiger charge is 2.40. The van der Waals surface area contributed by atoms with Gasteiger partial charge < -0.3 is 20.1 Å². The monoisotopic (exact) mass is 666 g/mol. The quantitative estimate of drug-likeness (QED) is 0.399. The van der Waals surface area contributed by atoms with E-state index in [2.05, 4.69) is 38.0 Å². The second-order valence-corrected chi connectivity index (χ2v) is 9.14. The van der Waals surface area contributed by atoms with E-state index in [0.29, 0.717) is 18.8 Å². The van der Waals surface area contributed by atoms with Crippen LogP contribution in [0.1, 0.15) is 17.7 Å². The molecule has 2 aliphatic heterocycles. The summed E-state index contributed by atoms with van der Waals surface area (Å²) in [5, 5.41) is 21.4. The van der Waals surface area contributed by atoms with Gasteiger partial charge in [0.2, 0.25) is 0 Å². The van der Waals surface area contributed by atoms with Crippen LogP contribution in [0, 0.1) is 0 Å². The van der Waals surface area contributed by atoms with Crippen molar-refractivity contribution in [1.82, 2.24) is 19.8 Å². The smallest absolute Gasteiger partial charge is 0.475 e. The molecule has 0 aromatic carbocycles. The fourth-order valence-corrected chi connectivity index (χ4v) is 3.74. The van der Waals surface area contributed by atoms with E-state index < -0.39 is 36.4 Å². The number of hydrogen-bond acceptors (Lipinski definition) is 8. The minimum Gasteiger partial charge on any atom is -0.475 e. The summed E-state index contributed by atoms with van der Waals surface area (Å²) >= 11 is 0. The van der Waals surface area contributed by atoms with Crippen LogP contribution in [0.15, 0.2) is 48.9 Å². The van der Waals surface area contributed by atoms with Gasteiger partial charge in [0.25, 0.3) is 0 Å². The molecular formula is C25H27F9N4O7. The molecule has 0 unspecified atom stereocenters. The number of ether oxygens (including phenoxy) is 1. The predicted molar refractivity (Wildman–Crippen MR) is 133 cm³/mol. The van der Waals surface area contributed by atoms with Gasteiger partial charge in [0, 0.05) is 57.4 Å². The molecule has 0 radical (unpaired) electrons. The number of nitrogens with zero attached hydrogens (tertiary/aromatic N) is 4. The number of aliphatic carboxylic acids is 3. The Bertz CT molecular complexity index is 1140. The average Bonchev–Trinajstić information content (AvgIpc) is 3.35. The van der Waals surface area contributed by atoms with Gasteiger partial charge in [-0.3, -0.25) is 19.8 Å². The average molecular weight is 666 g/mol. The van der Waals surface area contributed by atoms with Crippen molar-refractivity contribution in [3.63, 3.8) is 0 Å². The molecule has 2 aromatic heterocycles. The molecule has 0 saturated carbocycles. The van der Waals surface area contributed by atoms with Crippen molar-refractivity contribution >= 4 is 17.9 Å². The Morgan fingerprint density at radius 3 is 1.80 bits per heavy atom. The van der Waals surface area contributed by atoms with Gasteiger partial charge in [-0.05, 0) is 30.2 Å². The van der Waals surface area contributed by atoms with Crippen LogP contribution in [0.2, 0.25) is 0 Å². The van der Waals surface area contributed by atoms with Gasteiger partial charge in [-0.15, -0.1) is 0 Å². The third kappa shape index (κ3) is 16.0. The first kappa shape index (κ1) is 39.0. The molecule has 2 fully saturated rings. The third-order valence-electron chi connectivity index (χ3n) is 5.71. The highest BCUT2D eigenvalue weighted by atomic mass is 19.4. The van der Waals surface area contributed by atoms with Gasteiger partial charge in [0.05, 0.1) is 18.4 Å². The number of pyridine rings is 2. The van der Waals surface area contributed by atoms with Gasteiger partial charge in [0.15, 0.2) is 0 Å². The summed E-state index contributed by atoms with van der Waals surface area (Å²) in [6, 6.07) is 10.8. The van der Waals surface area contributed by atoms with Crippen LogP contribution in [-0.2, 0) is 32.3 Å². The van der Waals surface area contributed by atoms with E-state index in [0.717, 1.165) is 50.4 Å². The van der Waals surface area contributed by atoms with E-state index in [-0.39, 0.29) is 0 Å². The summed E-state index contributed by atoms with van der Waals surface area (Å²) in [5.74, 6) is -8.27. The first-order valence-electron chi connectivity index (χ1n) is 12.5. The summed E-state index contributed by atoms with van der Waals surface area (Å²) in [6.07, 6.45) is -8.22. The zero-order valence-electron chi connectivity index (χ0n) is 22.9. The van der Waals surface area contributed by atoms with E-state index >= 15 is 0 Å². The Hall–Kier alpha value is -4.04. The van der Waals surface area contributed by atoms with Gasteiger partial charge in [-0.25, -0.2) is 14.4 Å². The number of carboxylic acids is 3. The maximum atomic E-state index is 10.6. The van der Waals surface area contributed by atoms with Gasteiger partial charge in [-0.1, -0.05) is 12.1 Å². The zero-order valence-corrected chi connectivity index (χ0v) is 22.9. The Labute approximate surface area is 248 Å². The molecule has 0 aliphatic carbocycles. The van der Waals surface area contributed by atoms with Crippen LogP contribution in [0.4, 0.5) is 39.5 Å². The molecule has 4 heterocycles. The molecule has 11 nitrogen and oxygen atoms in total. The first-order valence-corrected chi connectivity index (χ1v) is 12.5. The Balaban J connectivity index is 0.000000396. The first-order chi connectivity index (χ1) is 20.7. The van der Waals surface area contributed by atoms with E-state index in [1.54, 1.807) is 6.20 Å². The van der Waals surface area contributed by atoms with Crippen molar-refractivity contribution in [3.8, 4) is 0 Å². The Kier molecular flexibility index (Phi) is 15.1. The zero-order chi connectivity index (χ0) is 34.4. The summed E-state index contributed by atoms with van der Waals surface area (Å²) in [6.45, 7) is 6.03. The Morgan fingerprint density at radius 2 is 1.36 bits per heavy atom. The number of halogens is 9. The SMILES string of the molecule is O=C(O)C(F)(F)F.O=C(O)C(F)(F)F.O=C(O)C(F)(F)F.c1ccc(CN2CCN3C[C@H](OCc4cccnc4)C[C@H]3C2)nc1. The molecule has 2 aliphatic rings. The van der Waals surface area contributed by atoms with E-state index in [4.69, 9.17) is 34.4 Å². The van der Waals surface area contributed by atoms with Crippen molar-refractivity contribution < 1.29 is 74.0 Å².